The number of sulfonamides is 1. The Morgan fingerprint density at radius 3 is 2.42 bits per heavy atom. The van der Waals surface area contributed by atoms with Crippen molar-refractivity contribution in [2.24, 2.45) is 5.92 Å². The Balaban J connectivity index is 1.63. The third kappa shape index (κ3) is 6.57. The van der Waals surface area contributed by atoms with Crippen LogP contribution in [0.2, 0.25) is 5.02 Å². The molecule has 0 spiro atoms. The second kappa shape index (κ2) is 11.5. The van der Waals surface area contributed by atoms with Crippen LogP contribution in [0.25, 0.3) is 0 Å². The molecule has 1 N–H and O–H groups in total. The van der Waals surface area contributed by atoms with Gasteiger partial charge in [0.1, 0.15) is 0 Å². The molecule has 33 heavy (non-hydrogen) atoms. The molecule has 6 nitrogen and oxygen atoms in total. The molecule has 2 aromatic rings. The van der Waals surface area contributed by atoms with Crippen LogP contribution in [0, 0.1) is 5.92 Å². The molecule has 1 atom stereocenters. The van der Waals surface area contributed by atoms with Crippen molar-refractivity contribution in [3.63, 3.8) is 0 Å². The fourth-order valence-corrected chi connectivity index (χ4v) is 5.97. The number of likely N-dealkylation sites (tertiary alicyclic amines) is 1. The Kier molecular flexibility index (Phi) is 8.93. The van der Waals surface area contributed by atoms with Crippen LogP contribution in [0.5, 0.6) is 0 Å². The van der Waals surface area contributed by atoms with Gasteiger partial charge in [0.2, 0.25) is 10.0 Å². The van der Waals surface area contributed by atoms with E-state index in [2.05, 4.69) is 29.3 Å². The molecule has 1 aliphatic heterocycles. The van der Waals surface area contributed by atoms with Gasteiger partial charge in [0.05, 0.1) is 15.5 Å². The van der Waals surface area contributed by atoms with Crippen LogP contribution in [0.3, 0.4) is 0 Å². The summed E-state index contributed by atoms with van der Waals surface area (Å²) in [7, 11) is -3.67. The molecule has 8 heteroatoms. The van der Waals surface area contributed by atoms with E-state index in [4.69, 9.17) is 11.6 Å². The molecule has 0 bridgehead atoms. The summed E-state index contributed by atoms with van der Waals surface area (Å²) in [6.45, 7) is 10.1. The molecule has 1 unspecified atom stereocenters. The second-order valence-corrected chi connectivity index (χ2v) is 11.1. The minimum Gasteiger partial charge on any atom is -0.348 e. The number of carbonyl (C=O) groups is 1. The monoisotopic (exact) mass is 491 g/mol. The lowest BCUT2D eigenvalue weighted by Gasteiger charge is -2.30. The first-order chi connectivity index (χ1) is 15.7. The lowest BCUT2D eigenvalue weighted by molar-refractivity contribution is 0.0951. The van der Waals surface area contributed by atoms with Crippen LogP contribution in [0.1, 0.15) is 55.1 Å². The largest absolute Gasteiger partial charge is 0.348 e. The van der Waals surface area contributed by atoms with Gasteiger partial charge in [-0.2, -0.15) is 4.31 Å². The Bertz CT molecular complexity index is 1050. The first-order valence-corrected chi connectivity index (χ1v) is 13.4. The zero-order valence-corrected chi connectivity index (χ0v) is 21.3. The van der Waals surface area contributed by atoms with Crippen molar-refractivity contribution >= 4 is 27.5 Å². The van der Waals surface area contributed by atoms with Gasteiger partial charge < -0.3 is 5.32 Å². The van der Waals surface area contributed by atoms with E-state index in [1.165, 1.54) is 40.9 Å². The third-order valence-electron chi connectivity index (χ3n) is 6.15. The number of nitrogens with zero attached hydrogens (tertiary/aromatic N) is 2. The number of piperidine rings is 1. The fourth-order valence-electron chi connectivity index (χ4n) is 4.28. The molecule has 1 saturated heterocycles. The van der Waals surface area contributed by atoms with Crippen LogP contribution < -0.4 is 5.32 Å². The van der Waals surface area contributed by atoms with E-state index in [9.17, 15) is 13.2 Å². The zero-order valence-electron chi connectivity index (χ0n) is 19.7. The maximum absolute atomic E-state index is 12.8. The van der Waals surface area contributed by atoms with Gasteiger partial charge in [-0.3, -0.25) is 9.69 Å². The molecule has 0 saturated carbocycles. The second-order valence-electron chi connectivity index (χ2n) is 8.71. The number of halogens is 1. The van der Waals surface area contributed by atoms with E-state index in [1.54, 1.807) is 13.8 Å². The molecule has 0 aliphatic carbocycles. The Morgan fingerprint density at radius 1 is 1.12 bits per heavy atom. The molecule has 0 aromatic heterocycles. The summed E-state index contributed by atoms with van der Waals surface area (Å²) >= 11 is 6.22. The van der Waals surface area contributed by atoms with Gasteiger partial charge in [-0.15, -0.1) is 0 Å². The van der Waals surface area contributed by atoms with Crippen molar-refractivity contribution in [1.29, 1.82) is 0 Å². The van der Waals surface area contributed by atoms with Crippen molar-refractivity contribution < 1.29 is 13.2 Å². The lowest BCUT2D eigenvalue weighted by Crippen LogP contribution is -2.33. The highest BCUT2D eigenvalue weighted by molar-refractivity contribution is 7.89. The highest BCUT2D eigenvalue weighted by atomic mass is 35.5. The molecule has 2 aromatic carbocycles. The predicted octanol–water partition coefficient (Wildman–Crippen LogP) is 4.53. The summed E-state index contributed by atoms with van der Waals surface area (Å²) in [4.78, 5) is 15.3. The maximum atomic E-state index is 12.8. The number of rotatable bonds is 9. The number of hydrogen-bond acceptors (Lipinski definition) is 4. The van der Waals surface area contributed by atoms with E-state index in [0.29, 0.717) is 19.6 Å². The van der Waals surface area contributed by atoms with Gasteiger partial charge in [0.25, 0.3) is 5.91 Å². The van der Waals surface area contributed by atoms with Crippen LogP contribution in [0.15, 0.2) is 47.4 Å². The van der Waals surface area contributed by atoms with Crippen LogP contribution in [-0.4, -0.2) is 49.7 Å². The van der Waals surface area contributed by atoms with Gasteiger partial charge in [-0.05, 0) is 54.6 Å². The molecule has 3 rings (SSSR count). The number of carbonyl (C=O) groups excluding carboxylic acids is 1. The van der Waals surface area contributed by atoms with Crippen molar-refractivity contribution in [2.75, 3.05) is 26.2 Å². The summed E-state index contributed by atoms with van der Waals surface area (Å²) < 4.78 is 27.0. The van der Waals surface area contributed by atoms with Gasteiger partial charge in [0, 0.05) is 32.7 Å². The Labute approximate surface area is 203 Å². The van der Waals surface area contributed by atoms with Crippen LogP contribution in [0.4, 0.5) is 0 Å². The van der Waals surface area contributed by atoms with E-state index in [-0.39, 0.29) is 15.5 Å². The summed E-state index contributed by atoms with van der Waals surface area (Å²) in [6.07, 6.45) is 2.56. The van der Waals surface area contributed by atoms with E-state index in [1.807, 2.05) is 12.1 Å². The van der Waals surface area contributed by atoms with Gasteiger partial charge in [-0.25, -0.2) is 8.42 Å². The Morgan fingerprint density at radius 2 is 1.79 bits per heavy atom. The maximum Gasteiger partial charge on any atom is 0.253 e. The molecule has 0 radical (unpaired) electrons. The molecule has 1 heterocycles. The first-order valence-electron chi connectivity index (χ1n) is 11.6. The molecule has 180 valence electrons. The Hall–Kier alpha value is -1.93. The van der Waals surface area contributed by atoms with Gasteiger partial charge in [-0.1, -0.05) is 56.6 Å². The van der Waals surface area contributed by atoms with Crippen molar-refractivity contribution in [1.82, 2.24) is 14.5 Å². The summed E-state index contributed by atoms with van der Waals surface area (Å²) in [5.41, 5.74) is 2.39. The molecular weight excluding hydrogens is 458 g/mol. The van der Waals surface area contributed by atoms with Crippen molar-refractivity contribution in [3.8, 4) is 0 Å². The van der Waals surface area contributed by atoms with Crippen LogP contribution >= 0.6 is 11.6 Å². The van der Waals surface area contributed by atoms with E-state index >= 15 is 0 Å². The zero-order chi connectivity index (χ0) is 24.0. The topological polar surface area (TPSA) is 69.7 Å². The molecule has 1 fully saturated rings. The summed E-state index contributed by atoms with van der Waals surface area (Å²) in [5.74, 6) is 0.351. The van der Waals surface area contributed by atoms with E-state index < -0.39 is 15.9 Å². The van der Waals surface area contributed by atoms with E-state index in [0.717, 1.165) is 31.1 Å². The number of hydrogen-bond donors (Lipinski definition) is 1. The van der Waals surface area contributed by atoms with Gasteiger partial charge in [0.15, 0.2) is 0 Å². The third-order valence-corrected chi connectivity index (χ3v) is 8.52. The average Bonchev–Trinajstić information content (AvgIpc) is 2.79. The molecule has 1 amide bonds. The SMILES string of the molecule is CCN(CC)S(=O)(=O)c1ccc(Cl)c(C(=O)NCc2ccc(CN3CCCC(C)C3)cc2)c1. The quantitative estimate of drug-likeness (QED) is 0.559. The fraction of sp³-hybridized carbons (Fsp3) is 0.480. The van der Waals surface area contributed by atoms with Crippen LogP contribution in [-0.2, 0) is 23.1 Å². The summed E-state index contributed by atoms with van der Waals surface area (Å²) in [6, 6.07) is 12.5. The smallest absolute Gasteiger partial charge is 0.253 e. The number of amides is 1. The van der Waals surface area contributed by atoms with Gasteiger partial charge >= 0.3 is 0 Å². The molecule has 1 aliphatic rings. The average molecular weight is 492 g/mol. The standard InChI is InChI=1S/C25H34ClN3O3S/c1-4-29(5-2)33(31,32)22-12-13-24(26)23(15-22)25(30)27-16-20-8-10-21(11-9-20)18-28-14-6-7-19(3)17-28/h8-13,15,19H,4-7,14,16-18H2,1-3H3,(H,27,30). The first kappa shape index (κ1) is 25.7. The predicted molar refractivity (Wildman–Crippen MR) is 133 cm³/mol. The summed E-state index contributed by atoms with van der Waals surface area (Å²) in [5, 5.41) is 3.08. The normalized spacial score (nSPS) is 17.3. The van der Waals surface area contributed by atoms with Crippen molar-refractivity contribution in [2.45, 2.75) is 51.6 Å². The van der Waals surface area contributed by atoms with Crippen molar-refractivity contribution in [3.05, 3.63) is 64.2 Å². The minimum absolute atomic E-state index is 0.0668. The number of nitrogens with one attached hydrogen (secondary N) is 1. The minimum atomic E-state index is -3.67. The highest BCUT2D eigenvalue weighted by Crippen LogP contribution is 2.23. The number of benzene rings is 2. The molecular formula is C25H34ClN3O3S. The highest BCUT2D eigenvalue weighted by Gasteiger charge is 2.24. The lowest BCUT2D eigenvalue weighted by atomic mass is 9.99.